The maximum absolute atomic E-state index is 14.5. The summed E-state index contributed by atoms with van der Waals surface area (Å²) < 4.78 is 20.0. The van der Waals surface area contributed by atoms with Crippen molar-refractivity contribution in [2.24, 2.45) is 0 Å². The van der Waals surface area contributed by atoms with Crippen molar-refractivity contribution in [2.75, 3.05) is 24.5 Å². The highest BCUT2D eigenvalue weighted by Gasteiger charge is 2.31. The van der Waals surface area contributed by atoms with Crippen LogP contribution in [-0.4, -0.2) is 52.2 Å². The molecular formula is C23H27FN4O2. The molecule has 1 aliphatic heterocycles. The van der Waals surface area contributed by atoms with Gasteiger partial charge in [-0.05, 0) is 39.8 Å². The van der Waals surface area contributed by atoms with E-state index < -0.39 is 5.60 Å². The van der Waals surface area contributed by atoms with E-state index in [0.717, 1.165) is 22.3 Å². The Morgan fingerprint density at radius 2 is 1.97 bits per heavy atom. The summed E-state index contributed by atoms with van der Waals surface area (Å²) in [5, 5.41) is 0.889. The number of piperazine rings is 1. The molecule has 0 bridgehead atoms. The minimum absolute atomic E-state index is 0.0349. The standard InChI is InChI=1S/C23H27FN4O2/c1-15-14-27(22(29)30-23(2,3)4)11-12-28(15)21-20-17(13-26-19(20)9-10-25-21)16-7-5-6-8-18(16)24/h5-10,13,15,26H,11-12,14H2,1-4H3/t15-/m0/s1. The third kappa shape index (κ3) is 3.84. The van der Waals surface area contributed by atoms with Gasteiger partial charge in [0, 0.05) is 49.2 Å². The number of rotatable bonds is 2. The first kappa shape index (κ1) is 20.2. The Labute approximate surface area is 175 Å². The van der Waals surface area contributed by atoms with Gasteiger partial charge in [-0.3, -0.25) is 0 Å². The minimum atomic E-state index is -0.523. The van der Waals surface area contributed by atoms with Gasteiger partial charge in [-0.15, -0.1) is 0 Å². The molecule has 2 aromatic heterocycles. The second-order valence-corrected chi connectivity index (χ2v) is 8.71. The van der Waals surface area contributed by atoms with Gasteiger partial charge in [0.25, 0.3) is 0 Å². The van der Waals surface area contributed by atoms with Gasteiger partial charge in [0.1, 0.15) is 17.2 Å². The predicted molar refractivity (Wildman–Crippen MR) is 116 cm³/mol. The first-order chi connectivity index (χ1) is 14.2. The Morgan fingerprint density at radius 3 is 2.67 bits per heavy atom. The van der Waals surface area contributed by atoms with Gasteiger partial charge in [-0.25, -0.2) is 14.2 Å². The molecule has 158 valence electrons. The molecule has 1 amide bonds. The highest BCUT2D eigenvalue weighted by molar-refractivity contribution is 6.03. The van der Waals surface area contributed by atoms with E-state index in [-0.39, 0.29) is 18.0 Å². The number of carbonyl (C=O) groups is 1. The molecule has 3 heterocycles. The molecule has 3 aromatic rings. The Kier molecular flexibility index (Phi) is 5.13. The molecular weight excluding hydrogens is 383 g/mol. The number of nitrogens with one attached hydrogen (secondary N) is 1. The SMILES string of the molecule is C[C@H]1CN(C(=O)OC(C)(C)C)CCN1c1nccc2[nH]cc(-c3ccccc3F)c12. The van der Waals surface area contributed by atoms with E-state index >= 15 is 0 Å². The van der Waals surface area contributed by atoms with Crippen LogP contribution in [0.25, 0.3) is 22.0 Å². The molecule has 7 heteroatoms. The van der Waals surface area contributed by atoms with Crippen LogP contribution < -0.4 is 4.90 Å². The number of benzene rings is 1. The number of ether oxygens (including phenoxy) is 1. The molecule has 4 rings (SSSR count). The Hall–Kier alpha value is -3.09. The van der Waals surface area contributed by atoms with Crippen molar-refractivity contribution in [3.8, 4) is 11.1 Å². The van der Waals surface area contributed by atoms with Crippen LogP contribution in [0.15, 0.2) is 42.7 Å². The third-order valence-electron chi connectivity index (χ3n) is 5.29. The van der Waals surface area contributed by atoms with Crippen LogP contribution in [0.2, 0.25) is 0 Å². The first-order valence-corrected chi connectivity index (χ1v) is 10.2. The fraction of sp³-hybridized carbons (Fsp3) is 0.391. The van der Waals surface area contributed by atoms with Crippen molar-refractivity contribution in [1.29, 1.82) is 0 Å². The summed E-state index contributed by atoms with van der Waals surface area (Å²) in [6.07, 6.45) is 3.29. The quantitative estimate of drug-likeness (QED) is 0.658. The Balaban J connectivity index is 1.65. The van der Waals surface area contributed by atoms with E-state index in [0.29, 0.717) is 25.2 Å². The fourth-order valence-corrected chi connectivity index (χ4v) is 3.93. The van der Waals surface area contributed by atoms with Crippen molar-refractivity contribution in [3.05, 3.63) is 48.5 Å². The molecule has 1 N–H and O–H groups in total. The lowest BCUT2D eigenvalue weighted by molar-refractivity contribution is 0.0218. The number of pyridine rings is 1. The molecule has 1 aliphatic rings. The maximum atomic E-state index is 14.5. The minimum Gasteiger partial charge on any atom is -0.444 e. The number of hydrogen-bond donors (Lipinski definition) is 1. The van der Waals surface area contributed by atoms with Gasteiger partial charge in [0.05, 0.1) is 10.9 Å². The summed E-state index contributed by atoms with van der Waals surface area (Å²) in [5.74, 6) is 0.527. The summed E-state index contributed by atoms with van der Waals surface area (Å²) in [7, 11) is 0. The monoisotopic (exact) mass is 410 g/mol. The third-order valence-corrected chi connectivity index (χ3v) is 5.29. The van der Waals surface area contributed by atoms with Gasteiger partial charge >= 0.3 is 6.09 Å². The number of carbonyl (C=O) groups excluding carboxylic acids is 1. The normalized spacial score (nSPS) is 17.4. The number of nitrogens with zero attached hydrogens (tertiary/aromatic N) is 3. The number of H-pyrrole nitrogens is 1. The average Bonchev–Trinajstić information content (AvgIpc) is 3.11. The highest BCUT2D eigenvalue weighted by Crippen LogP contribution is 2.36. The molecule has 1 atom stereocenters. The number of fused-ring (bicyclic) bond motifs is 1. The summed E-state index contributed by atoms with van der Waals surface area (Å²) in [6.45, 7) is 9.35. The first-order valence-electron chi connectivity index (χ1n) is 10.2. The molecule has 1 aromatic carbocycles. The van der Waals surface area contributed by atoms with Crippen LogP contribution in [0, 0.1) is 5.82 Å². The van der Waals surface area contributed by atoms with Crippen molar-refractivity contribution in [3.63, 3.8) is 0 Å². The zero-order chi connectivity index (χ0) is 21.5. The zero-order valence-electron chi connectivity index (χ0n) is 17.8. The van der Waals surface area contributed by atoms with E-state index in [1.807, 2.05) is 39.1 Å². The lowest BCUT2D eigenvalue weighted by Gasteiger charge is -2.41. The van der Waals surface area contributed by atoms with Crippen LogP contribution in [0.3, 0.4) is 0 Å². The summed E-state index contributed by atoms with van der Waals surface area (Å²) >= 11 is 0. The second-order valence-electron chi connectivity index (χ2n) is 8.71. The molecule has 1 saturated heterocycles. The van der Waals surface area contributed by atoms with Crippen LogP contribution in [0.4, 0.5) is 15.0 Å². The van der Waals surface area contributed by atoms with E-state index in [1.54, 1.807) is 23.2 Å². The van der Waals surface area contributed by atoms with Crippen LogP contribution in [0.1, 0.15) is 27.7 Å². The predicted octanol–water partition coefficient (Wildman–Crippen LogP) is 4.81. The zero-order valence-corrected chi connectivity index (χ0v) is 17.8. The lowest BCUT2D eigenvalue weighted by atomic mass is 10.0. The highest BCUT2D eigenvalue weighted by atomic mass is 19.1. The lowest BCUT2D eigenvalue weighted by Crippen LogP contribution is -2.54. The van der Waals surface area contributed by atoms with E-state index in [4.69, 9.17) is 4.74 Å². The fourth-order valence-electron chi connectivity index (χ4n) is 3.93. The molecule has 0 unspecified atom stereocenters. The number of aromatic amines is 1. The molecule has 30 heavy (non-hydrogen) atoms. The van der Waals surface area contributed by atoms with Crippen molar-refractivity contribution in [2.45, 2.75) is 39.3 Å². The second kappa shape index (κ2) is 7.63. The van der Waals surface area contributed by atoms with Gasteiger partial charge in [-0.1, -0.05) is 18.2 Å². The molecule has 0 saturated carbocycles. The topological polar surface area (TPSA) is 61.5 Å². The summed E-state index contributed by atoms with van der Waals surface area (Å²) in [6, 6.07) is 8.68. The van der Waals surface area contributed by atoms with Gasteiger partial charge < -0.3 is 19.5 Å². The number of halogens is 1. The van der Waals surface area contributed by atoms with Crippen molar-refractivity contribution < 1.29 is 13.9 Å². The van der Waals surface area contributed by atoms with E-state index in [9.17, 15) is 9.18 Å². The summed E-state index contributed by atoms with van der Waals surface area (Å²) in [5.41, 5.74) is 1.70. The Bertz CT molecular complexity index is 1070. The number of aromatic nitrogens is 2. The summed E-state index contributed by atoms with van der Waals surface area (Å²) in [4.78, 5) is 24.3. The van der Waals surface area contributed by atoms with Gasteiger partial charge in [0.2, 0.25) is 0 Å². The van der Waals surface area contributed by atoms with Crippen LogP contribution in [-0.2, 0) is 4.74 Å². The van der Waals surface area contributed by atoms with Gasteiger partial charge in [0.15, 0.2) is 0 Å². The largest absolute Gasteiger partial charge is 0.444 e. The molecule has 0 aliphatic carbocycles. The van der Waals surface area contributed by atoms with Gasteiger partial charge in [-0.2, -0.15) is 0 Å². The number of hydrogen-bond acceptors (Lipinski definition) is 4. The number of amides is 1. The smallest absolute Gasteiger partial charge is 0.410 e. The molecule has 6 nitrogen and oxygen atoms in total. The van der Waals surface area contributed by atoms with E-state index in [1.165, 1.54) is 6.07 Å². The average molecular weight is 410 g/mol. The van der Waals surface area contributed by atoms with Crippen LogP contribution >= 0.6 is 0 Å². The Morgan fingerprint density at radius 1 is 1.20 bits per heavy atom. The van der Waals surface area contributed by atoms with Crippen LogP contribution in [0.5, 0.6) is 0 Å². The maximum Gasteiger partial charge on any atom is 0.410 e. The van der Waals surface area contributed by atoms with Crippen molar-refractivity contribution in [1.82, 2.24) is 14.9 Å². The number of anilines is 1. The molecule has 0 spiro atoms. The molecule has 0 radical (unpaired) electrons. The van der Waals surface area contributed by atoms with E-state index in [2.05, 4.69) is 21.8 Å². The molecule has 1 fully saturated rings. The van der Waals surface area contributed by atoms with Crippen molar-refractivity contribution >= 4 is 22.8 Å².